The van der Waals surface area contributed by atoms with Crippen molar-refractivity contribution in [2.45, 2.75) is 18.4 Å². The van der Waals surface area contributed by atoms with Gasteiger partial charge in [0.1, 0.15) is 4.90 Å². The second-order valence-corrected chi connectivity index (χ2v) is 6.50. The first-order valence-electron chi connectivity index (χ1n) is 6.58. The van der Waals surface area contributed by atoms with Crippen LogP contribution in [0.2, 0.25) is 0 Å². The topological polar surface area (TPSA) is 82.5 Å². The fraction of sp³-hybridized carbons (Fsp3) is 0.357. The number of benzene rings is 1. The first-order chi connectivity index (χ1) is 10.4. The SMILES string of the molecule is COc1ccc(CNS(=O)(=O)c2cn(C)nc2C)cc1OC. The first-order valence-corrected chi connectivity index (χ1v) is 8.06. The third kappa shape index (κ3) is 3.40. The second kappa shape index (κ2) is 6.37. The lowest BCUT2D eigenvalue weighted by Crippen LogP contribution is -2.23. The van der Waals surface area contributed by atoms with Crippen molar-refractivity contribution in [1.82, 2.24) is 14.5 Å². The van der Waals surface area contributed by atoms with E-state index in [0.717, 1.165) is 5.56 Å². The Morgan fingerprint density at radius 3 is 2.45 bits per heavy atom. The number of nitrogens with zero attached hydrogens (tertiary/aromatic N) is 2. The molecule has 0 fully saturated rings. The minimum Gasteiger partial charge on any atom is -0.493 e. The Balaban J connectivity index is 2.17. The zero-order valence-electron chi connectivity index (χ0n) is 13.0. The van der Waals surface area contributed by atoms with Gasteiger partial charge in [0.2, 0.25) is 10.0 Å². The van der Waals surface area contributed by atoms with Crippen LogP contribution in [0.1, 0.15) is 11.3 Å². The summed E-state index contributed by atoms with van der Waals surface area (Å²) in [5, 5.41) is 4.04. The highest BCUT2D eigenvalue weighted by atomic mass is 32.2. The van der Waals surface area contributed by atoms with Gasteiger partial charge in [-0.1, -0.05) is 6.07 Å². The quantitative estimate of drug-likeness (QED) is 0.863. The Kier molecular flexibility index (Phi) is 4.72. The average Bonchev–Trinajstić information content (AvgIpc) is 2.84. The number of ether oxygens (including phenoxy) is 2. The van der Waals surface area contributed by atoms with E-state index in [1.807, 2.05) is 0 Å². The van der Waals surface area contributed by atoms with E-state index in [0.29, 0.717) is 17.2 Å². The van der Waals surface area contributed by atoms with E-state index in [-0.39, 0.29) is 11.4 Å². The summed E-state index contributed by atoms with van der Waals surface area (Å²) in [5.41, 5.74) is 1.23. The molecule has 1 aromatic heterocycles. The number of aromatic nitrogens is 2. The molecular weight excluding hydrogens is 306 g/mol. The van der Waals surface area contributed by atoms with Crippen LogP contribution in [0.25, 0.3) is 0 Å². The molecule has 0 aliphatic heterocycles. The van der Waals surface area contributed by atoms with E-state index in [4.69, 9.17) is 9.47 Å². The van der Waals surface area contributed by atoms with Crippen molar-refractivity contribution in [3.63, 3.8) is 0 Å². The number of hydrogen-bond acceptors (Lipinski definition) is 5. The van der Waals surface area contributed by atoms with Crippen molar-refractivity contribution in [2.75, 3.05) is 14.2 Å². The predicted molar refractivity (Wildman–Crippen MR) is 81.5 cm³/mol. The molecule has 0 atom stereocenters. The largest absolute Gasteiger partial charge is 0.493 e. The Hall–Kier alpha value is -2.06. The molecule has 0 aliphatic rings. The molecule has 120 valence electrons. The number of methoxy groups -OCH3 is 2. The summed E-state index contributed by atoms with van der Waals surface area (Å²) in [5.74, 6) is 1.15. The number of hydrogen-bond donors (Lipinski definition) is 1. The van der Waals surface area contributed by atoms with Gasteiger partial charge in [-0.15, -0.1) is 0 Å². The van der Waals surface area contributed by atoms with Crippen LogP contribution in [0, 0.1) is 6.92 Å². The van der Waals surface area contributed by atoms with E-state index < -0.39 is 10.0 Å². The highest BCUT2D eigenvalue weighted by Crippen LogP contribution is 2.27. The second-order valence-electron chi connectivity index (χ2n) is 4.77. The summed E-state index contributed by atoms with van der Waals surface area (Å²) in [6.07, 6.45) is 1.48. The fourth-order valence-electron chi connectivity index (χ4n) is 2.09. The van der Waals surface area contributed by atoms with Gasteiger partial charge in [-0.2, -0.15) is 5.10 Å². The summed E-state index contributed by atoms with van der Waals surface area (Å²) >= 11 is 0. The maximum absolute atomic E-state index is 12.3. The smallest absolute Gasteiger partial charge is 0.244 e. The summed E-state index contributed by atoms with van der Waals surface area (Å²) in [6.45, 7) is 1.81. The molecule has 22 heavy (non-hydrogen) atoms. The monoisotopic (exact) mass is 325 g/mol. The van der Waals surface area contributed by atoms with Crippen LogP contribution in [-0.2, 0) is 23.6 Å². The number of nitrogens with one attached hydrogen (secondary N) is 1. The molecule has 0 saturated carbocycles. The van der Waals surface area contributed by atoms with Crippen molar-refractivity contribution in [1.29, 1.82) is 0 Å². The molecule has 2 aromatic rings. The van der Waals surface area contributed by atoms with Gasteiger partial charge in [-0.05, 0) is 24.6 Å². The van der Waals surface area contributed by atoms with Crippen molar-refractivity contribution < 1.29 is 17.9 Å². The lowest BCUT2D eigenvalue weighted by Gasteiger charge is -2.10. The maximum Gasteiger partial charge on any atom is 0.244 e. The standard InChI is InChI=1S/C14H19N3O4S/c1-10-14(9-17(2)16-10)22(18,19)15-8-11-5-6-12(20-3)13(7-11)21-4/h5-7,9,15H,8H2,1-4H3. The van der Waals surface area contributed by atoms with Gasteiger partial charge in [0.25, 0.3) is 0 Å². The van der Waals surface area contributed by atoms with Crippen LogP contribution in [-0.4, -0.2) is 32.4 Å². The highest BCUT2D eigenvalue weighted by Gasteiger charge is 2.19. The molecule has 7 nitrogen and oxygen atoms in total. The normalized spacial score (nSPS) is 11.5. The summed E-state index contributed by atoms with van der Waals surface area (Å²) < 4.78 is 39.0. The van der Waals surface area contributed by atoms with Gasteiger partial charge in [0.15, 0.2) is 11.5 Å². The first kappa shape index (κ1) is 16.3. The van der Waals surface area contributed by atoms with E-state index in [2.05, 4.69) is 9.82 Å². The molecule has 1 aromatic carbocycles. The molecule has 0 aliphatic carbocycles. The van der Waals surface area contributed by atoms with Gasteiger partial charge in [0.05, 0.1) is 19.9 Å². The van der Waals surface area contributed by atoms with Gasteiger partial charge in [-0.25, -0.2) is 13.1 Å². The molecule has 8 heteroatoms. The molecule has 0 saturated heterocycles. The lowest BCUT2D eigenvalue weighted by molar-refractivity contribution is 0.354. The highest BCUT2D eigenvalue weighted by molar-refractivity contribution is 7.89. The van der Waals surface area contributed by atoms with E-state index in [1.165, 1.54) is 18.0 Å². The number of sulfonamides is 1. The van der Waals surface area contributed by atoms with Crippen molar-refractivity contribution in [2.24, 2.45) is 7.05 Å². The Morgan fingerprint density at radius 1 is 1.23 bits per heavy atom. The summed E-state index contributed by atoms with van der Waals surface area (Å²) in [4.78, 5) is 0.176. The third-order valence-corrected chi connectivity index (χ3v) is 4.68. The van der Waals surface area contributed by atoms with Crippen molar-refractivity contribution in [3.05, 3.63) is 35.7 Å². The Morgan fingerprint density at radius 2 is 1.91 bits per heavy atom. The van der Waals surface area contributed by atoms with Crippen LogP contribution < -0.4 is 14.2 Å². The van der Waals surface area contributed by atoms with Crippen LogP contribution in [0.4, 0.5) is 0 Å². The van der Waals surface area contributed by atoms with Gasteiger partial charge in [-0.3, -0.25) is 4.68 Å². The van der Waals surface area contributed by atoms with Gasteiger partial charge < -0.3 is 9.47 Å². The zero-order chi connectivity index (χ0) is 16.3. The van der Waals surface area contributed by atoms with E-state index in [1.54, 1.807) is 39.3 Å². The molecule has 0 spiro atoms. The molecule has 0 amide bonds. The van der Waals surface area contributed by atoms with Crippen LogP contribution in [0.15, 0.2) is 29.3 Å². The number of aryl methyl sites for hydroxylation is 2. The summed E-state index contributed by atoms with van der Waals surface area (Å²) in [7, 11) is 1.15. The Labute approximate surface area is 129 Å². The van der Waals surface area contributed by atoms with Crippen molar-refractivity contribution >= 4 is 10.0 Å². The van der Waals surface area contributed by atoms with E-state index >= 15 is 0 Å². The minimum atomic E-state index is -3.61. The van der Waals surface area contributed by atoms with E-state index in [9.17, 15) is 8.42 Å². The third-order valence-electron chi connectivity index (χ3n) is 3.17. The molecule has 2 rings (SSSR count). The average molecular weight is 325 g/mol. The lowest BCUT2D eigenvalue weighted by atomic mass is 10.2. The van der Waals surface area contributed by atoms with Gasteiger partial charge in [0, 0.05) is 19.8 Å². The molecular formula is C14H19N3O4S. The Bertz CT molecular complexity index is 768. The molecule has 1 heterocycles. The zero-order valence-corrected chi connectivity index (χ0v) is 13.8. The van der Waals surface area contributed by atoms with Crippen LogP contribution >= 0.6 is 0 Å². The molecule has 0 radical (unpaired) electrons. The fourth-order valence-corrected chi connectivity index (χ4v) is 3.32. The summed E-state index contributed by atoms with van der Waals surface area (Å²) in [6, 6.07) is 5.25. The van der Waals surface area contributed by atoms with Crippen molar-refractivity contribution in [3.8, 4) is 11.5 Å². The maximum atomic E-state index is 12.3. The number of rotatable bonds is 6. The molecule has 0 bridgehead atoms. The molecule has 1 N–H and O–H groups in total. The van der Waals surface area contributed by atoms with Crippen LogP contribution in [0.3, 0.4) is 0 Å². The molecule has 0 unspecified atom stereocenters. The van der Waals surface area contributed by atoms with Gasteiger partial charge >= 0.3 is 0 Å². The minimum absolute atomic E-state index is 0.150. The van der Waals surface area contributed by atoms with Crippen LogP contribution in [0.5, 0.6) is 11.5 Å². The predicted octanol–water partition coefficient (Wildman–Crippen LogP) is 1.22.